The van der Waals surface area contributed by atoms with Crippen LogP contribution in [0.1, 0.15) is 31.2 Å². The van der Waals surface area contributed by atoms with E-state index in [2.05, 4.69) is 15.5 Å². The van der Waals surface area contributed by atoms with Crippen molar-refractivity contribution in [1.29, 1.82) is 0 Å². The highest BCUT2D eigenvalue weighted by Gasteiger charge is 2.37. The van der Waals surface area contributed by atoms with E-state index in [1.165, 1.54) is 11.3 Å². The molecule has 1 aliphatic heterocycles. The molecule has 1 aliphatic rings. The Morgan fingerprint density at radius 2 is 2.44 bits per heavy atom. The lowest BCUT2D eigenvalue weighted by Gasteiger charge is -2.21. The van der Waals surface area contributed by atoms with E-state index in [9.17, 15) is 4.79 Å². The van der Waals surface area contributed by atoms with Crippen molar-refractivity contribution in [2.75, 3.05) is 18.9 Å². The highest BCUT2D eigenvalue weighted by Crippen LogP contribution is 2.24. The quantitative estimate of drug-likeness (QED) is 0.770. The Morgan fingerprint density at radius 3 is 3.06 bits per heavy atom. The van der Waals surface area contributed by atoms with E-state index in [0.29, 0.717) is 18.3 Å². The molecule has 1 amide bonds. The molecule has 0 saturated carbocycles. The number of ether oxygens (including phenoxy) is 1. The molecular weight excluding hydrogens is 252 g/mol. The highest BCUT2D eigenvalue weighted by atomic mass is 32.1. The first-order chi connectivity index (χ1) is 8.60. The summed E-state index contributed by atoms with van der Waals surface area (Å²) in [5.41, 5.74) is 4.86. The number of nitrogens with two attached hydrogens (primary N) is 1. The van der Waals surface area contributed by atoms with Gasteiger partial charge in [0.25, 0.3) is 5.91 Å². The third-order valence-corrected chi connectivity index (χ3v) is 3.85. The van der Waals surface area contributed by atoms with Gasteiger partial charge in [0.05, 0.1) is 0 Å². The number of aryl methyl sites for hydroxylation is 1. The molecule has 100 valence electrons. The van der Waals surface area contributed by atoms with Crippen molar-refractivity contribution < 1.29 is 9.53 Å². The fourth-order valence-electron chi connectivity index (χ4n) is 1.95. The topological polar surface area (TPSA) is 90.1 Å². The molecule has 1 saturated heterocycles. The van der Waals surface area contributed by atoms with E-state index in [0.717, 1.165) is 30.7 Å². The molecular formula is C11H18N4O2S. The summed E-state index contributed by atoms with van der Waals surface area (Å²) in [6.45, 7) is 3.14. The van der Waals surface area contributed by atoms with Gasteiger partial charge in [0.1, 0.15) is 10.6 Å². The minimum absolute atomic E-state index is 0.0169. The highest BCUT2D eigenvalue weighted by molar-refractivity contribution is 7.15. The summed E-state index contributed by atoms with van der Waals surface area (Å²) in [5.74, 6) is -0.0169. The molecule has 1 aromatic rings. The molecule has 0 aromatic carbocycles. The summed E-state index contributed by atoms with van der Waals surface area (Å²) < 4.78 is 5.47. The van der Waals surface area contributed by atoms with Gasteiger partial charge in [0.2, 0.25) is 5.13 Å². The van der Waals surface area contributed by atoms with Gasteiger partial charge in [-0.05, 0) is 26.2 Å². The van der Waals surface area contributed by atoms with Crippen molar-refractivity contribution in [3.8, 4) is 0 Å². The molecule has 7 heteroatoms. The molecule has 0 aliphatic carbocycles. The van der Waals surface area contributed by atoms with Crippen LogP contribution in [0.25, 0.3) is 0 Å². The van der Waals surface area contributed by atoms with Crippen molar-refractivity contribution in [1.82, 2.24) is 15.5 Å². The first-order valence-corrected chi connectivity index (χ1v) is 6.92. The van der Waals surface area contributed by atoms with Gasteiger partial charge >= 0.3 is 0 Å². The van der Waals surface area contributed by atoms with Crippen molar-refractivity contribution in [3.05, 3.63) is 5.01 Å². The second kappa shape index (κ2) is 5.62. The number of amides is 1. The normalized spacial score (nSPS) is 23.2. The number of nitrogens with one attached hydrogen (secondary N) is 1. The maximum Gasteiger partial charge on any atom is 0.251 e. The van der Waals surface area contributed by atoms with Crippen LogP contribution in [0.15, 0.2) is 0 Å². The van der Waals surface area contributed by atoms with Gasteiger partial charge in [-0.2, -0.15) is 0 Å². The van der Waals surface area contributed by atoms with Crippen LogP contribution in [0.4, 0.5) is 5.13 Å². The SMILES string of the molecule is C[C@@]1(C(=O)NCCCc2nnc(N)s2)CCCO1. The van der Waals surface area contributed by atoms with Crippen LogP contribution in [0.2, 0.25) is 0 Å². The van der Waals surface area contributed by atoms with Crippen molar-refractivity contribution in [2.24, 2.45) is 0 Å². The molecule has 0 radical (unpaired) electrons. The van der Waals surface area contributed by atoms with Crippen LogP contribution in [0, 0.1) is 0 Å². The molecule has 0 spiro atoms. The first kappa shape index (κ1) is 13.2. The van der Waals surface area contributed by atoms with E-state index in [-0.39, 0.29) is 5.91 Å². The second-order valence-corrected chi connectivity index (χ2v) is 5.67. The van der Waals surface area contributed by atoms with Gasteiger partial charge in [0, 0.05) is 19.6 Å². The molecule has 1 aromatic heterocycles. The Morgan fingerprint density at radius 1 is 1.61 bits per heavy atom. The average Bonchev–Trinajstić information content (AvgIpc) is 2.94. The van der Waals surface area contributed by atoms with Gasteiger partial charge in [-0.15, -0.1) is 10.2 Å². The summed E-state index contributed by atoms with van der Waals surface area (Å²) >= 11 is 1.39. The third-order valence-electron chi connectivity index (χ3n) is 3.03. The lowest BCUT2D eigenvalue weighted by molar-refractivity contribution is -0.139. The largest absolute Gasteiger partial charge is 0.374 e. The van der Waals surface area contributed by atoms with E-state index in [4.69, 9.17) is 10.5 Å². The van der Waals surface area contributed by atoms with Crippen molar-refractivity contribution >= 4 is 22.4 Å². The molecule has 0 unspecified atom stereocenters. The first-order valence-electron chi connectivity index (χ1n) is 6.10. The molecule has 1 fully saturated rings. The molecule has 2 rings (SSSR count). The fraction of sp³-hybridized carbons (Fsp3) is 0.727. The minimum atomic E-state index is -0.632. The Labute approximate surface area is 110 Å². The molecule has 2 heterocycles. The predicted molar refractivity (Wildman–Crippen MR) is 69.2 cm³/mol. The van der Waals surface area contributed by atoms with Crippen LogP contribution >= 0.6 is 11.3 Å². The van der Waals surface area contributed by atoms with Gasteiger partial charge < -0.3 is 15.8 Å². The van der Waals surface area contributed by atoms with Crippen LogP contribution in [0.3, 0.4) is 0 Å². The van der Waals surface area contributed by atoms with E-state index >= 15 is 0 Å². The monoisotopic (exact) mass is 270 g/mol. The van der Waals surface area contributed by atoms with Crippen LogP contribution in [-0.2, 0) is 16.0 Å². The standard InChI is InChI=1S/C11H18N4O2S/c1-11(5-3-7-17-11)9(16)13-6-2-4-8-14-15-10(12)18-8/h2-7H2,1H3,(H2,12,15)(H,13,16)/t11-/m0/s1. The number of anilines is 1. The zero-order chi connectivity index (χ0) is 13.0. The van der Waals surface area contributed by atoms with Crippen LogP contribution in [-0.4, -0.2) is 34.9 Å². The Balaban J connectivity index is 1.67. The van der Waals surface area contributed by atoms with Crippen LogP contribution in [0.5, 0.6) is 0 Å². The number of rotatable bonds is 5. The molecule has 18 heavy (non-hydrogen) atoms. The Hall–Kier alpha value is -1.21. The molecule has 3 N–H and O–H groups in total. The zero-order valence-corrected chi connectivity index (χ0v) is 11.3. The van der Waals surface area contributed by atoms with Crippen molar-refractivity contribution in [2.45, 2.75) is 38.2 Å². The third kappa shape index (κ3) is 3.17. The number of nitrogen functional groups attached to an aromatic ring is 1. The van der Waals surface area contributed by atoms with E-state index < -0.39 is 5.60 Å². The van der Waals surface area contributed by atoms with E-state index in [1.807, 2.05) is 6.92 Å². The number of nitrogens with zero attached hydrogens (tertiary/aromatic N) is 2. The number of aromatic nitrogens is 2. The van der Waals surface area contributed by atoms with Gasteiger partial charge in [-0.25, -0.2) is 0 Å². The summed E-state index contributed by atoms with van der Waals surface area (Å²) in [5, 5.41) is 12.0. The maximum absolute atomic E-state index is 11.9. The van der Waals surface area contributed by atoms with Gasteiger partial charge in [0.15, 0.2) is 0 Å². The Kier molecular flexibility index (Phi) is 4.13. The average molecular weight is 270 g/mol. The number of carbonyl (C=O) groups excluding carboxylic acids is 1. The molecule has 1 atom stereocenters. The smallest absolute Gasteiger partial charge is 0.251 e. The van der Waals surface area contributed by atoms with Crippen LogP contribution < -0.4 is 11.1 Å². The Bertz CT molecular complexity index is 415. The number of hydrogen-bond acceptors (Lipinski definition) is 6. The maximum atomic E-state index is 11.9. The zero-order valence-electron chi connectivity index (χ0n) is 10.4. The number of carbonyl (C=O) groups is 1. The lowest BCUT2D eigenvalue weighted by atomic mass is 10.0. The lowest BCUT2D eigenvalue weighted by Crippen LogP contribution is -2.44. The van der Waals surface area contributed by atoms with Gasteiger partial charge in [-0.1, -0.05) is 11.3 Å². The minimum Gasteiger partial charge on any atom is -0.374 e. The number of hydrogen-bond donors (Lipinski definition) is 2. The summed E-state index contributed by atoms with van der Waals surface area (Å²) in [6.07, 6.45) is 3.36. The summed E-state index contributed by atoms with van der Waals surface area (Å²) in [7, 11) is 0. The summed E-state index contributed by atoms with van der Waals surface area (Å²) in [6, 6.07) is 0. The summed E-state index contributed by atoms with van der Waals surface area (Å²) in [4.78, 5) is 11.9. The van der Waals surface area contributed by atoms with Crippen molar-refractivity contribution in [3.63, 3.8) is 0 Å². The van der Waals surface area contributed by atoms with Gasteiger partial charge in [-0.3, -0.25) is 4.79 Å². The molecule has 0 bridgehead atoms. The predicted octanol–water partition coefficient (Wildman–Crippen LogP) is 0.738. The fourth-order valence-corrected chi connectivity index (χ4v) is 2.61. The van der Waals surface area contributed by atoms with E-state index in [1.54, 1.807) is 0 Å². The second-order valence-electron chi connectivity index (χ2n) is 4.58. The molecule has 6 nitrogen and oxygen atoms in total.